The average Bonchev–Trinajstić information content (AvgIpc) is 2.46. The zero-order chi connectivity index (χ0) is 14.5. The summed E-state index contributed by atoms with van der Waals surface area (Å²) >= 11 is 0. The van der Waals surface area contributed by atoms with Gasteiger partial charge in [0.05, 0.1) is 11.6 Å². The summed E-state index contributed by atoms with van der Waals surface area (Å²) in [5, 5.41) is 12.4. The van der Waals surface area contributed by atoms with Crippen molar-refractivity contribution in [2.75, 3.05) is 5.32 Å². The van der Waals surface area contributed by atoms with Crippen molar-refractivity contribution in [2.45, 2.75) is 33.2 Å². The van der Waals surface area contributed by atoms with Crippen molar-refractivity contribution in [3.8, 4) is 6.07 Å². The topological polar surface area (TPSA) is 35.8 Å². The number of para-hydroxylation sites is 1. The molecule has 0 atom stereocenters. The van der Waals surface area contributed by atoms with Gasteiger partial charge in [-0.25, -0.2) is 0 Å². The lowest BCUT2D eigenvalue weighted by Gasteiger charge is -2.15. The molecule has 0 aliphatic heterocycles. The number of rotatable bonds is 4. The van der Waals surface area contributed by atoms with E-state index >= 15 is 0 Å². The molecule has 2 rings (SSSR count). The molecular formula is C18H20N2. The van der Waals surface area contributed by atoms with E-state index in [0.29, 0.717) is 11.5 Å². The molecule has 0 spiro atoms. The van der Waals surface area contributed by atoms with Gasteiger partial charge in [-0.2, -0.15) is 5.26 Å². The van der Waals surface area contributed by atoms with Crippen LogP contribution >= 0.6 is 0 Å². The van der Waals surface area contributed by atoms with Gasteiger partial charge in [0.1, 0.15) is 0 Å². The third-order valence-electron chi connectivity index (χ3n) is 3.52. The standard InChI is InChI=1S/C18H20N2/c1-13(2)17-6-4-5-7-18(17)20-12-16-9-8-15(11-19)10-14(16)3/h4-10,13,20H,12H2,1-3H3. The van der Waals surface area contributed by atoms with Crippen LogP contribution in [0.5, 0.6) is 0 Å². The van der Waals surface area contributed by atoms with Crippen molar-refractivity contribution < 1.29 is 0 Å². The first-order chi connectivity index (χ1) is 9.61. The number of anilines is 1. The lowest BCUT2D eigenvalue weighted by atomic mass is 10.0. The van der Waals surface area contributed by atoms with Crippen LogP contribution in [-0.4, -0.2) is 0 Å². The van der Waals surface area contributed by atoms with Crippen LogP contribution in [0, 0.1) is 18.3 Å². The van der Waals surface area contributed by atoms with Gasteiger partial charge in [0.2, 0.25) is 0 Å². The molecule has 0 saturated heterocycles. The monoisotopic (exact) mass is 264 g/mol. The van der Waals surface area contributed by atoms with Gasteiger partial charge < -0.3 is 5.32 Å². The number of nitriles is 1. The average molecular weight is 264 g/mol. The molecule has 0 bridgehead atoms. The minimum absolute atomic E-state index is 0.501. The second-order valence-corrected chi connectivity index (χ2v) is 5.35. The van der Waals surface area contributed by atoms with E-state index in [1.165, 1.54) is 16.8 Å². The highest BCUT2D eigenvalue weighted by atomic mass is 14.9. The van der Waals surface area contributed by atoms with Gasteiger partial charge in [-0.3, -0.25) is 0 Å². The Bertz CT molecular complexity index is 636. The fourth-order valence-corrected chi connectivity index (χ4v) is 2.32. The van der Waals surface area contributed by atoms with Crippen LogP contribution in [0.15, 0.2) is 42.5 Å². The van der Waals surface area contributed by atoms with E-state index < -0.39 is 0 Å². The predicted molar refractivity (Wildman–Crippen MR) is 83.8 cm³/mol. The SMILES string of the molecule is Cc1cc(C#N)ccc1CNc1ccccc1C(C)C. The lowest BCUT2D eigenvalue weighted by Crippen LogP contribution is -2.04. The summed E-state index contributed by atoms with van der Waals surface area (Å²) in [6.45, 7) is 7.23. The molecule has 2 aromatic rings. The van der Waals surface area contributed by atoms with Crippen LogP contribution in [0.2, 0.25) is 0 Å². The zero-order valence-corrected chi connectivity index (χ0v) is 12.3. The number of hydrogen-bond acceptors (Lipinski definition) is 2. The summed E-state index contributed by atoms with van der Waals surface area (Å²) in [5.74, 6) is 0.501. The first-order valence-corrected chi connectivity index (χ1v) is 6.94. The van der Waals surface area contributed by atoms with Gasteiger partial charge in [-0.05, 0) is 47.7 Å². The van der Waals surface area contributed by atoms with Gasteiger partial charge in [0.15, 0.2) is 0 Å². The Morgan fingerprint density at radius 1 is 1.15 bits per heavy atom. The van der Waals surface area contributed by atoms with Crippen LogP contribution < -0.4 is 5.32 Å². The lowest BCUT2D eigenvalue weighted by molar-refractivity contribution is 0.865. The minimum Gasteiger partial charge on any atom is -0.381 e. The van der Waals surface area contributed by atoms with Crippen LogP contribution in [0.4, 0.5) is 5.69 Å². The van der Waals surface area contributed by atoms with E-state index in [2.05, 4.69) is 49.5 Å². The maximum Gasteiger partial charge on any atom is 0.0991 e. The Kier molecular flexibility index (Phi) is 4.42. The molecule has 0 unspecified atom stereocenters. The maximum atomic E-state index is 8.89. The van der Waals surface area contributed by atoms with Crippen LogP contribution in [-0.2, 0) is 6.54 Å². The second kappa shape index (κ2) is 6.25. The normalized spacial score (nSPS) is 10.3. The molecule has 0 heterocycles. The van der Waals surface area contributed by atoms with Crippen molar-refractivity contribution >= 4 is 5.69 Å². The van der Waals surface area contributed by atoms with Gasteiger partial charge >= 0.3 is 0 Å². The first kappa shape index (κ1) is 14.1. The summed E-state index contributed by atoms with van der Waals surface area (Å²) in [4.78, 5) is 0. The van der Waals surface area contributed by atoms with Gasteiger partial charge in [0, 0.05) is 12.2 Å². The summed E-state index contributed by atoms with van der Waals surface area (Å²) in [7, 11) is 0. The molecule has 0 saturated carbocycles. The number of hydrogen-bond donors (Lipinski definition) is 1. The summed E-state index contributed by atoms with van der Waals surface area (Å²) in [6.07, 6.45) is 0. The Hall–Kier alpha value is -2.27. The van der Waals surface area contributed by atoms with Crippen molar-refractivity contribution in [3.63, 3.8) is 0 Å². The minimum atomic E-state index is 0.501. The third kappa shape index (κ3) is 3.19. The molecule has 1 N–H and O–H groups in total. The number of aryl methyl sites for hydroxylation is 1. The van der Waals surface area contributed by atoms with Crippen LogP contribution in [0.1, 0.15) is 42.0 Å². The number of benzene rings is 2. The van der Waals surface area contributed by atoms with E-state index in [4.69, 9.17) is 5.26 Å². The molecule has 2 heteroatoms. The Labute approximate surface area is 121 Å². The molecule has 2 aromatic carbocycles. The number of nitrogens with zero attached hydrogens (tertiary/aromatic N) is 1. The van der Waals surface area contributed by atoms with E-state index in [1.54, 1.807) is 0 Å². The molecule has 0 aliphatic carbocycles. The fraction of sp³-hybridized carbons (Fsp3) is 0.278. The van der Waals surface area contributed by atoms with E-state index in [9.17, 15) is 0 Å². The Balaban J connectivity index is 2.15. The molecule has 2 nitrogen and oxygen atoms in total. The highest BCUT2D eigenvalue weighted by molar-refractivity contribution is 5.53. The second-order valence-electron chi connectivity index (χ2n) is 5.35. The zero-order valence-electron chi connectivity index (χ0n) is 12.3. The Morgan fingerprint density at radius 2 is 1.90 bits per heavy atom. The highest BCUT2D eigenvalue weighted by Crippen LogP contribution is 2.24. The van der Waals surface area contributed by atoms with Gasteiger partial charge in [-0.15, -0.1) is 0 Å². The molecule has 0 aromatic heterocycles. The molecule has 102 valence electrons. The van der Waals surface area contributed by atoms with Crippen molar-refractivity contribution in [1.29, 1.82) is 5.26 Å². The molecule has 0 aliphatic rings. The molecule has 0 fully saturated rings. The maximum absolute atomic E-state index is 8.89. The summed E-state index contributed by atoms with van der Waals surface area (Å²) < 4.78 is 0. The van der Waals surface area contributed by atoms with Gasteiger partial charge in [-0.1, -0.05) is 38.1 Å². The smallest absolute Gasteiger partial charge is 0.0991 e. The van der Waals surface area contributed by atoms with Crippen LogP contribution in [0.3, 0.4) is 0 Å². The van der Waals surface area contributed by atoms with Crippen molar-refractivity contribution in [3.05, 3.63) is 64.7 Å². The van der Waals surface area contributed by atoms with E-state index in [1.807, 2.05) is 25.1 Å². The van der Waals surface area contributed by atoms with Crippen LogP contribution in [0.25, 0.3) is 0 Å². The number of nitrogens with one attached hydrogen (secondary N) is 1. The van der Waals surface area contributed by atoms with Crippen molar-refractivity contribution in [1.82, 2.24) is 0 Å². The summed E-state index contributed by atoms with van der Waals surface area (Å²) in [6, 6.07) is 16.4. The quantitative estimate of drug-likeness (QED) is 0.875. The van der Waals surface area contributed by atoms with E-state index in [0.717, 1.165) is 12.1 Å². The highest BCUT2D eigenvalue weighted by Gasteiger charge is 2.06. The summed E-state index contributed by atoms with van der Waals surface area (Å²) in [5.41, 5.74) is 5.61. The molecular weight excluding hydrogens is 244 g/mol. The Morgan fingerprint density at radius 3 is 2.55 bits per heavy atom. The van der Waals surface area contributed by atoms with E-state index in [-0.39, 0.29) is 0 Å². The molecule has 20 heavy (non-hydrogen) atoms. The third-order valence-corrected chi connectivity index (χ3v) is 3.52. The molecule has 0 radical (unpaired) electrons. The van der Waals surface area contributed by atoms with Crippen molar-refractivity contribution in [2.24, 2.45) is 0 Å². The van der Waals surface area contributed by atoms with Gasteiger partial charge in [0.25, 0.3) is 0 Å². The first-order valence-electron chi connectivity index (χ1n) is 6.94. The largest absolute Gasteiger partial charge is 0.381 e. The molecule has 0 amide bonds. The fourth-order valence-electron chi connectivity index (χ4n) is 2.32. The predicted octanol–water partition coefficient (Wildman–Crippen LogP) is 4.60.